The largest absolute Gasteiger partial charge is 0.494 e. The first-order chi connectivity index (χ1) is 14.7. The van der Waals surface area contributed by atoms with E-state index in [1.807, 2.05) is 19.9 Å². The molecule has 1 heterocycles. The van der Waals surface area contributed by atoms with E-state index in [4.69, 9.17) is 20.8 Å². The predicted molar refractivity (Wildman–Crippen MR) is 119 cm³/mol. The Hall–Kier alpha value is -2.97. The van der Waals surface area contributed by atoms with Crippen molar-refractivity contribution < 1.29 is 22.4 Å². The molecule has 1 N–H and O–H groups in total. The summed E-state index contributed by atoms with van der Waals surface area (Å²) in [6.45, 7) is 4.44. The number of rotatable bonds is 8. The number of nitrogens with zero attached hydrogens (tertiary/aromatic N) is 1. The molecular formula is C22H23ClN2O5S. The number of halogens is 1. The normalized spacial score (nSPS) is 11.2. The van der Waals surface area contributed by atoms with Crippen molar-refractivity contribution >= 4 is 33.2 Å². The van der Waals surface area contributed by atoms with Crippen molar-refractivity contribution in [3.05, 3.63) is 76.7 Å². The third kappa shape index (κ3) is 5.59. The fraction of sp³-hybridized carbons (Fsp3) is 0.227. The van der Waals surface area contributed by atoms with Crippen LogP contribution in [0.25, 0.3) is 0 Å². The molecule has 0 saturated carbocycles. The summed E-state index contributed by atoms with van der Waals surface area (Å²) in [6, 6.07) is 14.3. The lowest BCUT2D eigenvalue weighted by Crippen LogP contribution is -2.26. The maximum absolute atomic E-state index is 12.9. The lowest BCUT2D eigenvalue weighted by molar-refractivity contribution is 0.0774. The second-order valence-electron chi connectivity index (χ2n) is 6.88. The van der Waals surface area contributed by atoms with Crippen LogP contribution in [0.5, 0.6) is 5.75 Å². The second-order valence-corrected chi connectivity index (χ2v) is 8.94. The average Bonchev–Trinajstić information content (AvgIpc) is 3.13. The maximum Gasteiger partial charge on any atom is 0.263 e. The highest BCUT2D eigenvalue weighted by atomic mass is 35.5. The van der Waals surface area contributed by atoms with Gasteiger partial charge >= 0.3 is 0 Å². The van der Waals surface area contributed by atoms with E-state index >= 15 is 0 Å². The Kier molecular flexibility index (Phi) is 6.92. The zero-order valence-corrected chi connectivity index (χ0v) is 19.0. The number of sulfonamides is 1. The summed E-state index contributed by atoms with van der Waals surface area (Å²) in [6.07, 6.45) is 0. The van der Waals surface area contributed by atoms with Crippen LogP contribution in [0.4, 0.5) is 5.69 Å². The van der Waals surface area contributed by atoms with E-state index in [9.17, 15) is 13.2 Å². The molecule has 0 fully saturated rings. The molecule has 0 bridgehead atoms. The Balaban J connectivity index is 1.81. The minimum Gasteiger partial charge on any atom is -0.494 e. The molecule has 0 spiro atoms. The predicted octanol–water partition coefficient (Wildman–Crippen LogP) is 4.71. The van der Waals surface area contributed by atoms with E-state index in [0.29, 0.717) is 23.8 Å². The standard InChI is InChI=1S/C22H23ClN2O5S/c1-4-29-18-10-7-17(8-11-18)24-31(27,28)21-13-16(6-12-20(21)23)22(26)25(3)14-19-9-5-15(2)30-19/h5-13,24H,4,14H2,1-3H3. The summed E-state index contributed by atoms with van der Waals surface area (Å²) in [7, 11) is -2.41. The van der Waals surface area contributed by atoms with E-state index in [1.165, 1.54) is 23.1 Å². The van der Waals surface area contributed by atoms with E-state index in [2.05, 4.69) is 4.72 Å². The van der Waals surface area contributed by atoms with Crippen molar-refractivity contribution in [3.8, 4) is 5.75 Å². The third-order valence-corrected chi connectivity index (χ3v) is 6.28. The van der Waals surface area contributed by atoms with Crippen molar-refractivity contribution in [2.24, 2.45) is 0 Å². The topological polar surface area (TPSA) is 88.8 Å². The van der Waals surface area contributed by atoms with E-state index in [0.717, 1.165) is 5.76 Å². The van der Waals surface area contributed by atoms with Crippen LogP contribution in [0.1, 0.15) is 28.8 Å². The number of amides is 1. The van der Waals surface area contributed by atoms with Crippen LogP contribution in [-0.2, 0) is 16.6 Å². The van der Waals surface area contributed by atoms with Gasteiger partial charge in [-0.05, 0) is 68.4 Å². The molecule has 9 heteroatoms. The highest BCUT2D eigenvalue weighted by molar-refractivity contribution is 7.92. The van der Waals surface area contributed by atoms with Crippen LogP contribution < -0.4 is 9.46 Å². The van der Waals surface area contributed by atoms with Gasteiger partial charge in [0.1, 0.15) is 22.2 Å². The van der Waals surface area contributed by atoms with Crippen LogP contribution in [0.15, 0.2) is 63.9 Å². The third-order valence-electron chi connectivity index (χ3n) is 4.42. The van der Waals surface area contributed by atoms with Crippen LogP contribution >= 0.6 is 11.6 Å². The highest BCUT2D eigenvalue weighted by Gasteiger charge is 2.22. The number of nitrogens with one attached hydrogen (secondary N) is 1. The average molecular weight is 463 g/mol. The van der Waals surface area contributed by atoms with Crippen LogP contribution in [0.3, 0.4) is 0 Å². The Bertz CT molecular complexity index is 1170. The molecule has 0 unspecified atom stereocenters. The van der Waals surface area contributed by atoms with Crippen molar-refractivity contribution in [2.45, 2.75) is 25.3 Å². The second kappa shape index (κ2) is 9.45. The first-order valence-electron chi connectivity index (χ1n) is 9.55. The lowest BCUT2D eigenvalue weighted by Gasteiger charge is -2.17. The molecule has 31 heavy (non-hydrogen) atoms. The smallest absolute Gasteiger partial charge is 0.263 e. The van der Waals surface area contributed by atoms with Gasteiger partial charge in [-0.2, -0.15) is 0 Å². The number of benzene rings is 2. The van der Waals surface area contributed by atoms with Gasteiger partial charge in [0.25, 0.3) is 15.9 Å². The molecule has 1 amide bonds. The molecule has 0 radical (unpaired) electrons. The van der Waals surface area contributed by atoms with Gasteiger partial charge in [-0.3, -0.25) is 9.52 Å². The van der Waals surface area contributed by atoms with Crippen molar-refractivity contribution in [3.63, 3.8) is 0 Å². The first kappa shape index (κ1) is 22.7. The molecule has 0 saturated heterocycles. The van der Waals surface area contributed by atoms with Gasteiger partial charge in [-0.25, -0.2) is 8.42 Å². The summed E-state index contributed by atoms with van der Waals surface area (Å²) in [5.41, 5.74) is 0.545. The van der Waals surface area contributed by atoms with Crippen LogP contribution in [0.2, 0.25) is 5.02 Å². The number of aryl methyl sites for hydroxylation is 1. The van der Waals surface area contributed by atoms with Crippen molar-refractivity contribution in [2.75, 3.05) is 18.4 Å². The zero-order valence-electron chi connectivity index (χ0n) is 17.4. The summed E-state index contributed by atoms with van der Waals surface area (Å²) >= 11 is 6.15. The molecule has 164 valence electrons. The van der Waals surface area contributed by atoms with Gasteiger partial charge in [0.05, 0.1) is 18.2 Å². The molecule has 0 aliphatic heterocycles. The number of hydrogen-bond donors (Lipinski definition) is 1. The molecule has 0 aliphatic rings. The number of hydrogen-bond acceptors (Lipinski definition) is 5. The van der Waals surface area contributed by atoms with Crippen LogP contribution in [-0.4, -0.2) is 32.9 Å². The SMILES string of the molecule is CCOc1ccc(NS(=O)(=O)c2cc(C(=O)N(C)Cc3ccc(C)o3)ccc2Cl)cc1. The van der Waals surface area contributed by atoms with Gasteiger partial charge in [0, 0.05) is 18.3 Å². The number of ether oxygens (including phenoxy) is 1. The summed E-state index contributed by atoms with van der Waals surface area (Å²) in [5, 5.41) is 0.0132. The van der Waals surface area contributed by atoms with Gasteiger partial charge in [0.2, 0.25) is 0 Å². The van der Waals surface area contributed by atoms with Gasteiger partial charge < -0.3 is 14.1 Å². The van der Waals surface area contributed by atoms with Gasteiger partial charge in [-0.1, -0.05) is 11.6 Å². The fourth-order valence-corrected chi connectivity index (χ4v) is 4.52. The number of carbonyl (C=O) groups is 1. The lowest BCUT2D eigenvalue weighted by atomic mass is 10.2. The van der Waals surface area contributed by atoms with E-state index in [1.54, 1.807) is 37.4 Å². The van der Waals surface area contributed by atoms with E-state index < -0.39 is 10.0 Å². The zero-order chi connectivity index (χ0) is 22.6. The Morgan fingerprint density at radius 3 is 2.45 bits per heavy atom. The summed E-state index contributed by atoms with van der Waals surface area (Å²) < 4.78 is 39.1. The summed E-state index contributed by atoms with van der Waals surface area (Å²) in [5.74, 6) is 1.65. The quantitative estimate of drug-likeness (QED) is 0.523. The molecule has 3 aromatic rings. The van der Waals surface area contributed by atoms with Gasteiger partial charge in [0.15, 0.2) is 0 Å². The first-order valence-corrected chi connectivity index (χ1v) is 11.4. The molecule has 1 aromatic heterocycles. The molecule has 0 aliphatic carbocycles. The number of anilines is 1. The monoisotopic (exact) mass is 462 g/mol. The number of furan rings is 1. The van der Waals surface area contributed by atoms with Gasteiger partial charge in [-0.15, -0.1) is 0 Å². The minimum atomic E-state index is -4.02. The van der Waals surface area contributed by atoms with Crippen LogP contribution in [0, 0.1) is 6.92 Å². The Morgan fingerprint density at radius 1 is 1.13 bits per heavy atom. The highest BCUT2D eigenvalue weighted by Crippen LogP contribution is 2.26. The van der Waals surface area contributed by atoms with E-state index in [-0.39, 0.29) is 27.9 Å². The Morgan fingerprint density at radius 2 is 1.84 bits per heavy atom. The number of carbonyl (C=O) groups excluding carboxylic acids is 1. The van der Waals surface area contributed by atoms with Crippen molar-refractivity contribution in [1.82, 2.24) is 4.90 Å². The Labute approximate surface area is 186 Å². The molecular weight excluding hydrogens is 440 g/mol. The summed E-state index contributed by atoms with van der Waals surface area (Å²) in [4.78, 5) is 14.1. The molecule has 2 aromatic carbocycles. The molecule has 7 nitrogen and oxygen atoms in total. The molecule has 0 atom stereocenters. The van der Waals surface area contributed by atoms with Crippen molar-refractivity contribution in [1.29, 1.82) is 0 Å². The molecule has 3 rings (SSSR count). The maximum atomic E-state index is 12.9. The fourth-order valence-electron chi connectivity index (χ4n) is 2.93. The minimum absolute atomic E-state index is 0.0132.